The third kappa shape index (κ3) is 2.52. The van der Waals surface area contributed by atoms with Crippen molar-refractivity contribution in [2.45, 2.75) is 6.92 Å². The molecule has 3 rings (SSSR count). The first-order chi connectivity index (χ1) is 10.7. The van der Waals surface area contributed by atoms with Gasteiger partial charge in [-0.3, -0.25) is 0 Å². The van der Waals surface area contributed by atoms with E-state index in [4.69, 9.17) is 10.00 Å². The summed E-state index contributed by atoms with van der Waals surface area (Å²) in [4.78, 5) is 0. The molecule has 108 valence electrons. The Labute approximate surface area is 128 Å². The molecule has 4 heteroatoms. The molecule has 0 unspecified atom stereocenters. The van der Waals surface area contributed by atoms with E-state index < -0.39 is 0 Å². The Kier molecular flexibility index (Phi) is 3.55. The lowest BCUT2D eigenvalue weighted by Crippen LogP contribution is -1.96. The molecule has 0 aliphatic carbocycles. The molecule has 0 spiro atoms. The highest BCUT2D eigenvalue weighted by Crippen LogP contribution is 2.35. The molecule has 0 amide bonds. The molecule has 1 N–H and O–H groups in total. The second kappa shape index (κ2) is 5.66. The summed E-state index contributed by atoms with van der Waals surface area (Å²) in [5.41, 5.74) is 2.26. The number of nitriles is 1. The van der Waals surface area contributed by atoms with Gasteiger partial charge in [-0.1, -0.05) is 12.1 Å². The molecule has 0 saturated heterocycles. The predicted octanol–water partition coefficient (Wildman–Crippen LogP) is 4.16. The molecule has 0 radical (unpaired) electrons. The highest BCUT2D eigenvalue weighted by molar-refractivity contribution is 5.55. The highest BCUT2D eigenvalue weighted by atomic mass is 16.5. The molecular formula is C18H14N2O2. The van der Waals surface area contributed by atoms with Crippen LogP contribution in [0, 0.1) is 18.3 Å². The molecule has 0 saturated carbocycles. The van der Waals surface area contributed by atoms with Crippen LogP contribution < -0.4 is 4.74 Å². The first-order valence-corrected chi connectivity index (χ1v) is 6.83. The van der Waals surface area contributed by atoms with Crippen molar-refractivity contribution in [3.63, 3.8) is 0 Å². The zero-order valence-corrected chi connectivity index (χ0v) is 12.0. The number of ether oxygens (including phenoxy) is 1. The van der Waals surface area contributed by atoms with Gasteiger partial charge in [-0.15, -0.1) is 0 Å². The minimum absolute atomic E-state index is 0.0427. The molecule has 1 heterocycles. The summed E-state index contributed by atoms with van der Waals surface area (Å²) >= 11 is 0. The van der Waals surface area contributed by atoms with Crippen LogP contribution in [0.25, 0.3) is 5.69 Å². The van der Waals surface area contributed by atoms with Crippen LogP contribution in [0.4, 0.5) is 0 Å². The third-order valence-corrected chi connectivity index (χ3v) is 3.39. The van der Waals surface area contributed by atoms with Crippen LogP contribution in [0.15, 0.2) is 60.9 Å². The number of hydrogen-bond acceptors (Lipinski definition) is 3. The zero-order chi connectivity index (χ0) is 15.5. The van der Waals surface area contributed by atoms with Crippen molar-refractivity contribution in [3.05, 3.63) is 72.1 Å². The maximum absolute atomic E-state index is 10.1. The predicted molar refractivity (Wildman–Crippen MR) is 83.4 cm³/mol. The zero-order valence-electron chi connectivity index (χ0n) is 12.0. The fourth-order valence-corrected chi connectivity index (χ4v) is 2.28. The van der Waals surface area contributed by atoms with Crippen LogP contribution in [-0.4, -0.2) is 9.67 Å². The quantitative estimate of drug-likeness (QED) is 0.788. The van der Waals surface area contributed by atoms with Crippen molar-refractivity contribution >= 4 is 0 Å². The Hall–Kier alpha value is -3.19. The normalized spacial score (nSPS) is 10.2. The van der Waals surface area contributed by atoms with Gasteiger partial charge in [0, 0.05) is 18.5 Å². The number of aryl methyl sites for hydroxylation is 1. The maximum atomic E-state index is 10.1. The molecule has 3 aromatic rings. The number of rotatable bonds is 3. The smallest absolute Gasteiger partial charge is 0.171 e. The SMILES string of the molecule is Cc1cc(O)c(Oc2ccccc2C#N)cc1-n1cccc1. The molecule has 0 aliphatic rings. The van der Waals surface area contributed by atoms with Crippen molar-refractivity contribution in [3.8, 4) is 29.0 Å². The molecule has 0 bridgehead atoms. The van der Waals surface area contributed by atoms with Crippen molar-refractivity contribution in [1.82, 2.24) is 4.57 Å². The van der Waals surface area contributed by atoms with E-state index >= 15 is 0 Å². The van der Waals surface area contributed by atoms with Gasteiger partial charge in [-0.2, -0.15) is 5.26 Å². The van der Waals surface area contributed by atoms with Crippen molar-refractivity contribution in [2.75, 3.05) is 0 Å². The van der Waals surface area contributed by atoms with Crippen molar-refractivity contribution in [2.24, 2.45) is 0 Å². The number of benzene rings is 2. The number of nitrogens with zero attached hydrogens (tertiary/aromatic N) is 2. The van der Waals surface area contributed by atoms with Gasteiger partial charge in [-0.05, 0) is 42.8 Å². The van der Waals surface area contributed by atoms with Gasteiger partial charge < -0.3 is 14.4 Å². The largest absolute Gasteiger partial charge is 0.504 e. The van der Waals surface area contributed by atoms with Gasteiger partial charge in [0.05, 0.1) is 11.3 Å². The maximum Gasteiger partial charge on any atom is 0.171 e. The Morgan fingerprint density at radius 1 is 1.05 bits per heavy atom. The molecule has 2 aromatic carbocycles. The lowest BCUT2D eigenvalue weighted by molar-refractivity contribution is 0.410. The Morgan fingerprint density at radius 3 is 2.50 bits per heavy atom. The van der Waals surface area contributed by atoms with Crippen molar-refractivity contribution in [1.29, 1.82) is 5.26 Å². The molecule has 1 aromatic heterocycles. The van der Waals surface area contributed by atoms with Crippen molar-refractivity contribution < 1.29 is 9.84 Å². The lowest BCUT2D eigenvalue weighted by atomic mass is 10.1. The topological polar surface area (TPSA) is 58.2 Å². The first-order valence-electron chi connectivity index (χ1n) is 6.83. The summed E-state index contributed by atoms with van der Waals surface area (Å²) < 4.78 is 7.68. The highest BCUT2D eigenvalue weighted by Gasteiger charge is 2.11. The minimum Gasteiger partial charge on any atom is -0.504 e. The number of para-hydroxylation sites is 1. The fraction of sp³-hybridized carbons (Fsp3) is 0.0556. The summed E-state index contributed by atoms with van der Waals surface area (Å²) in [5.74, 6) is 0.778. The third-order valence-electron chi connectivity index (χ3n) is 3.39. The van der Waals surface area contributed by atoms with Crippen LogP contribution in [0.3, 0.4) is 0 Å². The molecule has 0 fully saturated rings. The summed E-state index contributed by atoms with van der Waals surface area (Å²) in [6.45, 7) is 1.92. The van der Waals surface area contributed by atoms with Gasteiger partial charge >= 0.3 is 0 Å². The number of hydrogen-bond donors (Lipinski definition) is 1. The first kappa shape index (κ1) is 13.8. The Balaban J connectivity index is 2.04. The van der Waals surface area contributed by atoms with Gasteiger partial charge in [0.25, 0.3) is 0 Å². The molecule has 0 atom stereocenters. The Morgan fingerprint density at radius 2 is 1.77 bits per heavy atom. The lowest BCUT2D eigenvalue weighted by Gasteiger charge is -2.13. The summed E-state index contributed by atoms with van der Waals surface area (Å²) in [7, 11) is 0. The molecule has 0 aliphatic heterocycles. The minimum atomic E-state index is 0.0427. The fourth-order valence-electron chi connectivity index (χ4n) is 2.28. The van der Waals surface area contributed by atoms with E-state index in [1.165, 1.54) is 0 Å². The average Bonchev–Trinajstić information content (AvgIpc) is 3.04. The number of phenols is 1. The van der Waals surface area contributed by atoms with E-state index in [1.807, 2.05) is 36.0 Å². The standard InChI is InChI=1S/C18H14N2O2/c1-13-10-16(21)18(11-15(13)20-8-4-5-9-20)22-17-7-3-2-6-14(17)12-19/h2-11,21H,1H3. The monoisotopic (exact) mass is 290 g/mol. The van der Waals surface area contributed by atoms with Crippen LogP contribution in [0.5, 0.6) is 17.2 Å². The molecule has 22 heavy (non-hydrogen) atoms. The van der Waals surface area contributed by atoms with Gasteiger partial charge in [0.1, 0.15) is 11.8 Å². The van der Waals surface area contributed by atoms with E-state index in [1.54, 1.807) is 36.4 Å². The molecule has 4 nitrogen and oxygen atoms in total. The second-order valence-electron chi connectivity index (χ2n) is 4.91. The summed E-state index contributed by atoms with van der Waals surface area (Å²) in [5, 5.41) is 19.2. The molecular weight excluding hydrogens is 276 g/mol. The van der Waals surface area contributed by atoms with Crippen LogP contribution in [0.2, 0.25) is 0 Å². The van der Waals surface area contributed by atoms with Crippen LogP contribution in [-0.2, 0) is 0 Å². The van der Waals surface area contributed by atoms with E-state index in [0.717, 1.165) is 11.3 Å². The summed E-state index contributed by atoms with van der Waals surface area (Å²) in [6, 6.07) is 16.3. The Bertz CT molecular complexity index is 846. The van der Waals surface area contributed by atoms with Gasteiger partial charge in [0.2, 0.25) is 0 Å². The van der Waals surface area contributed by atoms with Gasteiger partial charge in [0.15, 0.2) is 11.5 Å². The number of aromatic nitrogens is 1. The van der Waals surface area contributed by atoms with Crippen LogP contribution >= 0.6 is 0 Å². The van der Waals surface area contributed by atoms with E-state index in [2.05, 4.69) is 6.07 Å². The van der Waals surface area contributed by atoms with E-state index in [0.29, 0.717) is 17.1 Å². The van der Waals surface area contributed by atoms with E-state index in [-0.39, 0.29) is 5.75 Å². The second-order valence-corrected chi connectivity index (χ2v) is 4.91. The number of aromatic hydroxyl groups is 1. The van der Waals surface area contributed by atoms with E-state index in [9.17, 15) is 5.11 Å². The van der Waals surface area contributed by atoms with Crippen LogP contribution in [0.1, 0.15) is 11.1 Å². The number of phenolic OH excluding ortho intramolecular Hbond substituents is 1. The average molecular weight is 290 g/mol. The van der Waals surface area contributed by atoms with Gasteiger partial charge in [-0.25, -0.2) is 0 Å². The summed E-state index contributed by atoms with van der Waals surface area (Å²) in [6.07, 6.45) is 3.85.